The molecule has 3 heteroatoms. The van der Waals surface area contributed by atoms with Crippen molar-refractivity contribution < 1.29 is 9.25 Å². The van der Waals surface area contributed by atoms with Gasteiger partial charge in [-0.05, 0) is 30.5 Å². The van der Waals surface area contributed by atoms with Crippen molar-refractivity contribution in [1.29, 1.82) is 0 Å². The van der Waals surface area contributed by atoms with Gasteiger partial charge in [-0.25, -0.2) is 5.06 Å². The van der Waals surface area contributed by atoms with E-state index in [9.17, 15) is 0 Å². The lowest BCUT2D eigenvalue weighted by atomic mass is 9.84. The van der Waals surface area contributed by atoms with Crippen LogP contribution < -0.4 is 5.06 Å². The van der Waals surface area contributed by atoms with Crippen LogP contribution in [0, 0.1) is 0 Å². The van der Waals surface area contributed by atoms with Crippen molar-refractivity contribution in [2.45, 2.75) is 31.4 Å². The predicted octanol–water partition coefficient (Wildman–Crippen LogP) is 6.87. The molecule has 0 N–H and O–H groups in total. The van der Waals surface area contributed by atoms with Gasteiger partial charge in [0.1, 0.15) is 23.7 Å². The molecular formula is C27H23NO2. The van der Waals surface area contributed by atoms with Crippen LogP contribution in [-0.4, -0.2) is 0 Å². The number of hydroxylamine groups is 1. The van der Waals surface area contributed by atoms with Crippen molar-refractivity contribution in [3.8, 4) is 11.3 Å². The quantitative estimate of drug-likeness (QED) is 0.380. The van der Waals surface area contributed by atoms with Crippen molar-refractivity contribution >= 4 is 5.69 Å². The number of hydrogen-bond acceptors (Lipinski definition) is 3. The first kappa shape index (κ1) is 17.5. The molecule has 2 atom stereocenters. The van der Waals surface area contributed by atoms with E-state index >= 15 is 0 Å². The average Bonchev–Trinajstić information content (AvgIpc) is 3.22. The maximum atomic E-state index is 6.67. The van der Waals surface area contributed by atoms with E-state index in [0.717, 1.165) is 42.0 Å². The Balaban J connectivity index is 1.62. The number of nitrogens with zero attached hydrogens (tertiary/aromatic N) is 1. The Labute approximate surface area is 176 Å². The van der Waals surface area contributed by atoms with Crippen molar-refractivity contribution in [3.05, 3.63) is 113 Å². The Morgan fingerprint density at radius 3 is 2.13 bits per heavy atom. The van der Waals surface area contributed by atoms with Gasteiger partial charge in [0.05, 0.1) is 5.69 Å². The SMILES string of the molecule is c1ccc(-c2oc3c4c2[C@H](c2ccccc2)N(c2ccccc2)O[C@@H]4CCC3)cc1. The van der Waals surface area contributed by atoms with Crippen LogP contribution in [-0.2, 0) is 11.3 Å². The van der Waals surface area contributed by atoms with Crippen LogP contribution >= 0.6 is 0 Å². The predicted molar refractivity (Wildman–Crippen MR) is 118 cm³/mol. The van der Waals surface area contributed by atoms with Crippen LogP contribution in [0.2, 0.25) is 0 Å². The Morgan fingerprint density at radius 1 is 0.733 bits per heavy atom. The standard InChI is InChI=1S/C27H23NO2/c1-4-11-19(12-5-1)26-25-24-22(29-27(25)20-13-6-2-7-14-20)17-10-18-23(24)30-28(26)21-15-8-3-9-16-21/h1-9,11-16,23,26H,10,17-18H2/t23-,26+/m1/s1. The van der Waals surface area contributed by atoms with Crippen molar-refractivity contribution in [1.82, 2.24) is 0 Å². The summed E-state index contributed by atoms with van der Waals surface area (Å²) in [6.07, 6.45) is 3.10. The summed E-state index contributed by atoms with van der Waals surface area (Å²) >= 11 is 0. The molecule has 1 aliphatic carbocycles. The number of benzene rings is 3. The van der Waals surface area contributed by atoms with Gasteiger partial charge in [0.15, 0.2) is 0 Å². The highest BCUT2D eigenvalue weighted by molar-refractivity contribution is 5.69. The molecule has 0 unspecified atom stereocenters. The molecule has 4 aromatic rings. The van der Waals surface area contributed by atoms with E-state index in [0.29, 0.717) is 0 Å². The fourth-order valence-corrected chi connectivity index (χ4v) is 4.85. The zero-order valence-electron chi connectivity index (χ0n) is 16.7. The van der Waals surface area contributed by atoms with Crippen molar-refractivity contribution in [3.63, 3.8) is 0 Å². The highest BCUT2D eigenvalue weighted by Crippen LogP contribution is 2.52. The Morgan fingerprint density at radius 2 is 1.40 bits per heavy atom. The molecule has 1 aliphatic heterocycles. The summed E-state index contributed by atoms with van der Waals surface area (Å²) in [7, 11) is 0. The Kier molecular flexibility index (Phi) is 4.21. The molecule has 0 radical (unpaired) electrons. The van der Waals surface area contributed by atoms with Gasteiger partial charge in [-0.1, -0.05) is 78.9 Å². The zero-order chi connectivity index (χ0) is 19.9. The van der Waals surface area contributed by atoms with Gasteiger partial charge in [0.25, 0.3) is 0 Å². The topological polar surface area (TPSA) is 25.6 Å². The maximum Gasteiger partial charge on any atom is 0.140 e. The van der Waals surface area contributed by atoms with Crippen LogP contribution in [0.4, 0.5) is 5.69 Å². The van der Waals surface area contributed by atoms with Crippen LogP contribution in [0.3, 0.4) is 0 Å². The molecule has 0 fully saturated rings. The summed E-state index contributed by atoms with van der Waals surface area (Å²) < 4.78 is 6.55. The molecule has 2 aliphatic rings. The maximum absolute atomic E-state index is 6.67. The normalized spacial score (nSPS) is 20.1. The number of furan rings is 1. The van der Waals surface area contributed by atoms with E-state index in [-0.39, 0.29) is 12.1 Å². The first-order chi connectivity index (χ1) is 14.9. The number of para-hydroxylation sites is 1. The highest BCUT2D eigenvalue weighted by Gasteiger charge is 2.43. The summed E-state index contributed by atoms with van der Waals surface area (Å²) in [5, 5.41) is 2.10. The second-order valence-corrected chi connectivity index (χ2v) is 8.01. The third kappa shape index (κ3) is 2.78. The summed E-state index contributed by atoms with van der Waals surface area (Å²) in [4.78, 5) is 6.67. The summed E-state index contributed by atoms with van der Waals surface area (Å²) in [6.45, 7) is 0. The highest BCUT2D eigenvalue weighted by atomic mass is 16.7. The number of anilines is 1. The van der Waals surface area contributed by atoms with Crippen LogP contribution in [0.1, 0.15) is 47.4 Å². The lowest BCUT2D eigenvalue weighted by Crippen LogP contribution is -2.37. The molecule has 30 heavy (non-hydrogen) atoms. The smallest absolute Gasteiger partial charge is 0.140 e. The van der Waals surface area contributed by atoms with Gasteiger partial charge >= 0.3 is 0 Å². The lowest BCUT2D eigenvalue weighted by molar-refractivity contribution is -0.00357. The molecule has 2 heterocycles. The van der Waals surface area contributed by atoms with Gasteiger partial charge in [0, 0.05) is 23.1 Å². The molecule has 0 saturated carbocycles. The second kappa shape index (κ2) is 7.19. The minimum absolute atomic E-state index is 0.0325. The summed E-state index contributed by atoms with van der Waals surface area (Å²) in [5.74, 6) is 2.07. The molecular weight excluding hydrogens is 370 g/mol. The minimum Gasteiger partial charge on any atom is -0.460 e. The number of rotatable bonds is 3. The van der Waals surface area contributed by atoms with E-state index in [1.165, 1.54) is 16.7 Å². The Bertz CT molecular complexity index is 1150. The molecule has 0 spiro atoms. The second-order valence-electron chi connectivity index (χ2n) is 8.01. The third-order valence-corrected chi connectivity index (χ3v) is 6.16. The van der Waals surface area contributed by atoms with E-state index in [1.54, 1.807) is 0 Å². The van der Waals surface area contributed by atoms with Crippen LogP contribution in [0.25, 0.3) is 11.3 Å². The first-order valence-corrected chi connectivity index (χ1v) is 10.7. The third-order valence-electron chi connectivity index (χ3n) is 6.16. The largest absolute Gasteiger partial charge is 0.460 e. The molecule has 3 nitrogen and oxygen atoms in total. The van der Waals surface area contributed by atoms with Gasteiger partial charge < -0.3 is 4.42 Å². The summed E-state index contributed by atoms with van der Waals surface area (Å²) in [5.41, 5.74) is 5.90. The van der Waals surface area contributed by atoms with Crippen molar-refractivity contribution in [2.24, 2.45) is 0 Å². The molecule has 3 aromatic carbocycles. The van der Waals surface area contributed by atoms with Gasteiger partial charge in [0.2, 0.25) is 0 Å². The molecule has 1 aromatic heterocycles. The van der Waals surface area contributed by atoms with E-state index in [2.05, 4.69) is 90.0 Å². The van der Waals surface area contributed by atoms with Gasteiger partial charge in [-0.15, -0.1) is 0 Å². The molecule has 148 valence electrons. The fourth-order valence-electron chi connectivity index (χ4n) is 4.85. The first-order valence-electron chi connectivity index (χ1n) is 10.7. The number of aryl methyl sites for hydroxylation is 1. The minimum atomic E-state index is -0.0642. The van der Waals surface area contributed by atoms with E-state index in [4.69, 9.17) is 9.25 Å². The number of hydrogen-bond donors (Lipinski definition) is 0. The molecule has 6 rings (SSSR count). The van der Waals surface area contributed by atoms with Gasteiger partial charge in [-0.2, -0.15) is 0 Å². The molecule has 0 bridgehead atoms. The van der Waals surface area contributed by atoms with E-state index in [1.807, 2.05) is 6.07 Å². The molecule has 0 amide bonds. The van der Waals surface area contributed by atoms with E-state index < -0.39 is 0 Å². The van der Waals surface area contributed by atoms with Crippen LogP contribution in [0.15, 0.2) is 95.4 Å². The van der Waals surface area contributed by atoms with Crippen LogP contribution in [0.5, 0.6) is 0 Å². The monoisotopic (exact) mass is 393 g/mol. The Hall–Kier alpha value is -3.30. The molecule has 0 saturated heterocycles. The average molecular weight is 393 g/mol. The fraction of sp³-hybridized carbons (Fsp3) is 0.185. The van der Waals surface area contributed by atoms with Crippen molar-refractivity contribution in [2.75, 3.05) is 5.06 Å². The summed E-state index contributed by atoms with van der Waals surface area (Å²) in [6, 6.07) is 31.4. The zero-order valence-corrected chi connectivity index (χ0v) is 16.7. The van der Waals surface area contributed by atoms with Gasteiger partial charge in [-0.3, -0.25) is 4.84 Å². The lowest BCUT2D eigenvalue weighted by Gasteiger charge is -2.41.